The summed E-state index contributed by atoms with van der Waals surface area (Å²) in [4.78, 5) is -0.256. The van der Waals surface area contributed by atoms with Gasteiger partial charge in [-0.3, -0.25) is 0 Å². The Hall–Kier alpha value is -1.22. The monoisotopic (exact) mass is 301 g/mol. The van der Waals surface area contributed by atoms with Crippen LogP contribution >= 0.6 is 0 Å². The van der Waals surface area contributed by atoms with Crippen molar-refractivity contribution in [2.75, 3.05) is 11.9 Å². The maximum absolute atomic E-state index is 13.9. The fourth-order valence-corrected chi connectivity index (χ4v) is 3.42. The molecule has 0 spiro atoms. The van der Waals surface area contributed by atoms with E-state index in [0.717, 1.165) is 12.5 Å². The second-order valence-corrected chi connectivity index (χ2v) is 6.78. The molecule has 1 aliphatic carbocycles. The van der Waals surface area contributed by atoms with Crippen molar-refractivity contribution in [1.82, 2.24) is 0 Å². The summed E-state index contributed by atoms with van der Waals surface area (Å²) in [5.74, 6) is -0.357. The standard InChI is InChI=1S/C12H16FN3O3S/c13-8-5-6(20(15,17)18)1-2-9(8)16-11-10(14)7-3-4-19-12(7)11/h1-2,5,7,10-12,16H,3-4,14H2,(H2,15,17,18). The number of anilines is 1. The molecular formula is C12H16FN3O3S. The van der Waals surface area contributed by atoms with E-state index in [9.17, 15) is 12.8 Å². The number of ether oxygens (including phenoxy) is 1. The third-order valence-corrected chi connectivity index (χ3v) is 4.95. The summed E-state index contributed by atoms with van der Waals surface area (Å²) in [7, 11) is -3.90. The van der Waals surface area contributed by atoms with Gasteiger partial charge in [0, 0.05) is 18.6 Å². The highest BCUT2D eigenvalue weighted by Crippen LogP contribution is 2.39. The van der Waals surface area contributed by atoms with Gasteiger partial charge in [-0.2, -0.15) is 0 Å². The molecule has 0 aromatic heterocycles. The molecule has 1 aromatic rings. The Morgan fingerprint density at radius 2 is 2.15 bits per heavy atom. The van der Waals surface area contributed by atoms with Gasteiger partial charge in [0.1, 0.15) is 5.82 Å². The zero-order valence-corrected chi connectivity index (χ0v) is 11.4. The van der Waals surface area contributed by atoms with Gasteiger partial charge in [-0.15, -0.1) is 0 Å². The van der Waals surface area contributed by atoms with Gasteiger partial charge in [0.2, 0.25) is 10.0 Å². The van der Waals surface area contributed by atoms with Crippen LogP contribution in [0.25, 0.3) is 0 Å². The summed E-state index contributed by atoms with van der Waals surface area (Å²) < 4.78 is 41.7. The maximum Gasteiger partial charge on any atom is 0.238 e. The highest BCUT2D eigenvalue weighted by atomic mass is 32.2. The molecule has 0 amide bonds. The van der Waals surface area contributed by atoms with Crippen molar-refractivity contribution >= 4 is 15.7 Å². The van der Waals surface area contributed by atoms with Crippen LogP contribution < -0.4 is 16.2 Å². The lowest BCUT2D eigenvalue weighted by molar-refractivity contribution is 0.00527. The fraction of sp³-hybridized carbons (Fsp3) is 0.500. The Kier molecular flexibility index (Phi) is 3.20. The molecule has 2 aliphatic rings. The van der Waals surface area contributed by atoms with Crippen LogP contribution in [0.1, 0.15) is 6.42 Å². The number of hydrogen-bond donors (Lipinski definition) is 3. The van der Waals surface area contributed by atoms with Crippen molar-refractivity contribution in [2.24, 2.45) is 16.8 Å². The first-order chi connectivity index (χ1) is 9.38. The van der Waals surface area contributed by atoms with Crippen molar-refractivity contribution in [3.8, 4) is 0 Å². The van der Waals surface area contributed by atoms with Crippen LogP contribution in [0.4, 0.5) is 10.1 Å². The van der Waals surface area contributed by atoms with Crippen molar-refractivity contribution in [3.63, 3.8) is 0 Å². The van der Waals surface area contributed by atoms with E-state index in [4.69, 9.17) is 15.6 Å². The largest absolute Gasteiger partial charge is 0.376 e. The maximum atomic E-state index is 13.9. The summed E-state index contributed by atoms with van der Waals surface area (Å²) in [6.07, 6.45) is 0.930. The molecule has 1 aliphatic heterocycles. The third kappa shape index (κ3) is 2.18. The Bertz CT molecular complexity index is 637. The van der Waals surface area contributed by atoms with Gasteiger partial charge < -0.3 is 15.8 Å². The number of nitrogens with one attached hydrogen (secondary N) is 1. The molecule has 5 N–H and O–H groups in total. The first kappa shape index (κ1) is 13.7. The molecule has 1 saturated carbocycles. The first-order valence-electron chi connectivity index (χ1n) is 6.34. The minimum absolute atomic E-state index is 0.00215. The number of fused-ring (bicyclic) bond motifs is 1. The Morgan fingerprint density at radius 3 is 2.80 bits per heavy atom. The molecule has 0 bridgehead atoms. The van der Waals surface area contributed by atoms with E-state index in [1.807, 2.05) is 0 Å². The number of primary sulfonamides is 1. The lowest BCUT2D eigenvalue weighted by atomic mass is 9.72. The van der Waals surface area contributed by atoms with E-state index >= 15 is 0 Å². The van der Waals surface area contributed by atoms with Crippen LogP contribution in [-0.4, -0.2) is 33.2 Å². The van der Waals surface area contributed by atoms with Crippen LogP contribution in [0.3, 0.4) is 0 Å². The van der Waals surface area contributed by atoms with E-state index < -0.39 is 15.8 Å². The topological polar surface area (TPSA) is 107 Å². The van der Waals surface area contributed by atoms with Gasteiger partial charge in [-0.1, -0.05) is 0 Å². The minimum atomic E-state index is -3.90. The summed E-state index contributed by atoms with van der Waals surface area (Å²) in [6.45, 7) is 0.675. The number of sulfonamides is 1. The Balaban J connectivity index is 1.79. The molecule has 20 heavy (non-hydrogen) atoms. The highest BCUT2D eigenvalue weighted by molar-refractivity contribution is 7.89. The number of nitrogens with two attached hydrogens (primary N) is 2. The molecule has 3 rings (SSSR count). The van der Waals surface area contributed by atoms with E-state index in [-0.39, 0.29) is 28.8 Å². The SMILES string of the molecule is NC1C2CCOC2C1Nc1ccc(S(N)(=O)=O)cc1F. The van der Waals surface area contributed by atoms with Crippen LogP contribution in [0.2, 0.25) is 0 Å². The van der Waals surface area contributed by atoms with E-state index in [1.54, 1.807) is 0 Å². The second kappa shape index (κ2) is 4.66. The molecule has 2 fully saturated rings. The number of rotatable bonds is 3. The highest BCUT2D eigenvalue weighted by Gasteiger charge is 2.52. The average molecular weight is 301 g/mol. The van der Waals surface area contributed by atoms with Crippen molar-refractivity contribution in [2.45, 2.75) is 29.5 Å². The van der Waals surface area contributed by atoms with E-state index in [0.29, 0.717) is 12.5 Å². The Morgan fingerprint density at radius 1 is 1.40 bits per heavy atom. The van der Waals surface area contributed by atoms with Crippen LogP contribution in [0.5, 0.6) is 0 Å². The molecule has 1 heterocycles. The van der Waals surface area contributed by atoms with E-state index in [1.165, 1.54) is 12.1 Å². The second-order valence-electron chi connectivity index (χ2n) is 5.22. The van der Waals surface area contributed by atoms with Crippen molar-refractivity contribution in [1.29, 1.82) is 0 Å². The van der Waals surface area contributed by atoms with Crippen LogP contribution in [0.15, 0.2) is 23.1 Å². The molecule has 4 unspecified atom stereocenters. The van der Waals surface area contributed by atoms with Gasteiger partial charge >= 0.3 is 0 Å². The summed E-state index contributed by atoms with van der Waals surface area (Å²) in [6, 6.07) is 3.27. The predicted octanol–water partition coefficient (Wildman–Crippen LogP) is -0.000400. The molecular weight excluding hydrogens is 285 g/mol. The van der Waals surface area contributed by atoms with Gasteiger partial charge in [0.25, 0.3) is 0 Å². The molecule has 1 saturated heterocycles. The average Bonchev–Trinajstić information content (AvgIpc) is 2.80. The van der Waals surface area contributed by atoms with Gasteiger partial charge in [-0.25, -0.2) is 17.9 Å². The predicted molar refractivity (Wildman–Crippen MR) is 71.0 cm³/mol. The number of benzene rings is 1. The quantitative estimate of drug-likeness (QED) is 0.728. The lowest BCUT2D eigenvalue weighted by Gasteiger charge is -2.46. The molecule has 110 valence electrons. The van der Waals surface area contributed by atoms with Gasteiger partial charge in [0.15, 0.2) is 0 Å². The Labute approximate surface area is 116 Å². The zero-order valence-electron chi connectivity index (χ0n) is 10.6. The molecule has 4 atom stereocenters. The molecule has 0 radical (unpaired) electrons. The normalized spacial score (nSPS) is 32.5. The van der Waals surface area contributed by atoms with Crippen molar-refractivity contribution < 1.29 is 17.5 Å². The molecule has 6 nitrogen and oxygen atoms in total. The number of hydrogen-bond acceptors (Lipinski definition) is 5. The van der Waals surface area contributed by atoms with Gasteiger partial charge in [0.05, 0.1) is 22.7 Å². The minimum Gasteiger partial charge on any atom is -0.376 e. The fourth-order valence-electron chi connectivity index (χ4n) is 2.90. The zero-order chi connectivity index (χ0) is 14.5. The molecule has 1 aromatic carbocycles. The lowest BCUT2D eigenvalue weighted by Crippen LogP contribution is -2.65. The van der Waals surface area contributed by atoms with Crippen LogP contribution in [0, 0.1) is 11.7 Å². The summed E-state index contributed by atoms with van der Waals surface area (Å²) in [5.41, 5.74) is 6.22. The van der Waals surface area contributed by atoms with Gasteiger partial charge in [-0.05, 0) is 24.6 Å². The van der Waals surface area contributed by atoms with Crippen LogP contribution in [-0.2, 0) is 14.8 Å². The third-order valence-electron chi connectivity index (χ3n) is 4.04. The van der Waals surface area contributed by atoms with Crippen molar-refractivity contribution in [3.05, 3.63) is 24.0 Å². The summed E-state index contributed by atoms with van der Waals surface area (Å²) in [5, 5.41) is 7.94. The number of halogens is 1. The molecule has 8 heteroatoms. The first-order valence-corrected chi connectivity index (χ1v) is 7.88. The smallest absolute Gasteiger partial charge is 0.238 e. The van der Waals surface area contributed by atoms with E-state index in [2.05, 4.69) is 5.32 Å². The summed E-state index contributed by atoms with van der Waals surface area (Å²) >= 11 is 0.